The molecule has 1 aromatic heterocycles. The molecule has 1 unspecified atom stereocenters. The monoisotopic (exact) mass is 256 g/mol. The van der Waals surface area contributed by atoms with Crippen molar-refractivity contribution in [3.63, 3.8) is 0 Å². The largest absolute Gasteiger partial charge is 0.396 e. The molecule has 0 fully saturated rings. The van der Waals surface area contributed by atoms with E-state index in [1.807, 2.05) is 13.8 Å². The van der Waals surface area contributed by atoms with Crippen molar-refractivity contribution in [3.8, 4) is 0 Å². The van der Waals surface area contributed by atoms with Crippen molar-refractivity contribution in [1.82, 2.24) is 10.3 Å². The van der Waals surface area contributed by atoms with Crippen LogP contribution in [0.5, 0.6) is 0 Å². The van der Waals surface area contributed by atoms with Gasteiger partial charge in [-0.05, 0) is 32.8 Å². The lowest BCUT2D eigenvalue weighted by atomic mass is 10.1. The van der Waals surface area contributed by atoms with Crippen LogP contribution < -0.4 is 5.32 Å². The Morgan fingerprint density at radius 1 is 1.65 bits per heavy atom. The molecule has 1 heterocycles. The molecule has 4 nitrogen and oxygen atoms in total. The van der Waals surface area contributed by atoms with E-state index in [0.717, 1.165) is 12.1 Å². The minimum atomic E-state index is -0.229. The summed E-state index contributed by atoms with van der Waals surface area (Å²) in [7, 11) is 0. The van der Waals surface area contributed by atoms with E-state index in [1.54, 1.807) is 6.07 Å². The zero-order valence-electron chi connectivity index (χ0n) is 10.0. The molecule has 0 aliphatic heterocycles. The van der Waals surface area contributed by atoms with Crippen molar-refractivity contribution >= 4 is 17.5 Å². The number of halogens is 1. The number of carbonyl (C=O) groups excluding carboxylic acids is 1. The maximum Gasteiger partial charge on any atom is 0.254 e. The first-order valence-corrected chi connectivity index (χ1v) is 5.96. The van der Waals surface area contributed by atoms with Gasteiger partial charge in [0.05, 0.1) is 10.6 Å². The Morgan fingerprint density at radius 2 is 2.35 bits per heavy atom. The lowest BCUT2D eigenvalue weighted by Gasteiger charge is -2.13. The van der Waals surface area contributed by atoms with Crippen molar-refractivity contribution in [1.29, 1.82) is 0 Å². The molecule has 0 bridgehead atoms. The molecular weight excluding hydrogens is 240 g/mol. The fraction of sp³-hybridized carbons (Fsp3) is 0.500. The zero-order valence-corrected chi connectivity index (χ0v) is 10.8. The molecule has 0 aliphatic rings. The molecule has 2 N–H and O–H groups in total. The summed E-state index contributed by atoms with van der Waals surface area (Å²) in [6.45, 7) is 3.84. The standard InChI is InChI=1S/C12H17ClN2O2/c1-8(4-3-5-16)15-12(17)10-7-14-9(2)6-11(10)13/h6-8,16H,3-5H2,1-2H3,(H,15,17). The summed E-state index contributed by atoms with van der Waals surface area (Å²) >= 11 is 5.97. The van der Waals surface area contributed by atoms with Crippen LogP contribution in [-0.2, 0) is 0 Å². The normalized spacial score (nSPS) is 12.2. The number of aromatic nitrogens is 1. The van der Waals surface area contributed by atoms with Gasteiger partial charge in [-0.15, -0.1) is 0 Å². The summed E-state index contributed by atoms with van der Waals surface area (Å²) in [5.74, 6) is -0.229. The third-order valence-electron chi connectivity index (χ3n) is 2.41. The first-order chi connectivity index (χ1) is 8.04. The van der Waals surface area contributed by atoms with Gasteiger partial charge in [-0.2, -0.15) is 0 Å². The molecule has 1 aromatic rings. The zero-order chi connectivity index (χ0) is 12.8. The third kappa shape index (κ3) is 4.32. The van der Waals surface area contributed by atoms with Crippen molar-refractivity contribution in [2.24, 2.45) is 0 Å². The second-order valence-corrected chi connectivity index (χ2v) is 4.45. The smallest absolute Gasteiger partial charge is 0.254 e. The number of hydrogen-bond acceptors (Lipinski definition) is 3. The van der Waals surface area contributed by atoms with Gasteiger partial charge in [0, 0.05) is 24.5 Å². The number of pyridine rings is 1. The molecule has 94 valence electrons. The maximum atomic E-state index is 11.9. The Hall–Kier alpha value is -1.13. The Bertz CT molecular complexity index is 396. The predicted molar refractivity (Wildman–Crippen MR) is 67.2 cm³/mol. The fourth-order valence-corrected chi connectivity index (χ4v) is 1.76. The van der Waals surface area contributed by atoms with E-state index in [1.165, 1.54) is 6.20 Å². The summed E-state index contributed by atoms with van der Waals surface area (Å²) in [6.07, 6.45) is 2.88. The SMILES string of the molecule is Cc1cc(Cl)c(C(=O)NC(C)CCCO)cn1. The highest BCUT2D eigenvalue weighted by molar-refractivity contribution is 6.33. The van der Waals surface area contributed by atoms with Gasteiger partial charge >= 0.3 is 0 Å². The van der Waals surface area contributed by atoms with Gasteiger partial charge in [-0.1, -0.05) is 11.6 Å². The van der Waals surface area contributed by atoms with Gasteiger partial charge in [0.15, 0.2) is 0 Å². The highest BCUT2D eigenvalue weighted by Gasteiger charge is 2.13. The van der Waals surface area contributed by atoms with Crippen LogP contribution in [0.25, 0.3) is 0 Å². The summed E-state index contributed by atoms with van der Waals surface area (Å²) < 4.78 is 0. The minimum Gasteiger partial charge on any atom is -0.396 e. The number of aliphatic hydroxyl groups is 1. The van der Waals surface area contributed by atoms with E-state index < -0.39 is 0 Å². The van der Waals surface area contributed by atoms with Crippen LogP contribution in [0, 0.1) is 6.92 Å². The molecule has 0 saturated carbocycles. The molecule has 17 heavy (non-hydrogen) atoms. The van der Waals surface area contributed by atoms with E-state index in [4.69, 9.17) is 16.7 Å². The molecule has 5 heteroatoms. The molecule has 0 spiro atoms. The number of aryl methyl sites for hydroxylation is 1. The highest BCUT2D eigenvalue weighted by atomic mass is 35.5. The number of aliphatic hydroxyl groups excluding tert-OH is 1. The van der Waals surface area contributed by atoms with E-state index in [9.17, 15) is 4.79 Å². The first-order valence-electron chi connectivity index (χ1n) is 5.58. The van der Waals surface area contributed by atoms with Crippen molar-refractivity contribution in [2.75, 3.05) is 6.61 Å². The second kappa shape index (κ2) is 6.57. The van der Waals surface area contributed by atoms with Gasteiger partial charge < -0.3 is 10.4 Å². The summed E-state index contributed by atoms with van der Waals surface area (Å²) in [4.78, 5) is 15.9. The minimum absolute atomic E-state index is 0.00650. The summed E-state index contributed by atoms with van der Waals surface area (Å²) in [5, 5.41) is 11.9. The van der Waals surface area contributed by atoms with Crippen LogP contribution in [0.2, 0.25) is 5.02 Å². The number of amides is 1. The van der Waals surface area contributed by atoms with Crippen molar-refractivity contribution < 1.29 is 9.90 Å². The molecule has 0 aliphatic carbocycles. The molecular formula is C12H17ClN2O2. The molecule has 1 amide bonds. The number of nitrogens with zero attached hydrogens (tertiary/aromatic N) is 1. The fourth-order valence-electron chi connectivity index (χ4n) is 1.46. The molecule has 1 atom stereocenters. The Balaban J connectivity index is 2.63. The Morgan fingerprint density at radius 3 is 2.94 bits per heavy atom. The van der Waals surface area contributed by atoms with Crippen LogP contribution in [0.1, 0.15) is 35.8 Å². The number of hydrogen-bond donors (Lipinski definition) is 2. The predicted octanol–water partition coefficient (Wildman–Crippen LogP) is 1.93. The second-order valence-electron chi connectivity index (χ2n) is 4.05. The van der Waals surface area contributed by atoms with Gasteiger partial charge in [0.1, 0.15) is 0 Å². The maximum absolute atomic E-state index is 11.9. The van der Waals surface area contributed by atoms with Crippen LogP contribution in [0.3, 0.4) is 0 Å². The molecule has 0 radical (unpaired) electrons. The lowest BCUT2D eigenvalue weighted by molar-refractivity contribution is 0.0936. The van der Waals surface area contributed by atoms with Crippen LogP contribution in [0.15, 0.2) is 12.3 Å². The van der Waals surface area contributed by atoms with Crippen molar-refractivity contribution in [3.05, 3.63) is 28.5 Å². The number of rotatable bonds is 5. The van der Waals surface area contributed by atoms with Gasteiger partial charge in [0.25, 0.3) is 5.91 Å². The average Bonchev–Trinajstić information content (AvgIpc) is 2.26. The Labute approximate surface area is 106 Å². The van der Waals surface area contributed by atoms with Gasteiger partial charge in [-0.3, -0.25) is 9.78 Å². The molecule has 0 saturated heterocycles. The lowest BCUT2D eigenvalue weighted by Crippen LogP contribution is -2.32. The van der Waals surface area contributed by atoms with Crippen LogP contribution in [0.4, 0.5) is 0 Å². The van der Waals surface area contributed by atoms with Crippen molar-refractivity contribution in [2.45, 2.75) is 32.7 Å². The number of carbonyl (C=O) groups is 1. The van der Waals surface area contributed by atoms with E-state index >= 15 is 0 Å². The van der Waals surface area contributed by atoms with E-state index in [0.29, 0.717) is 17.0 Å². The van der Waals surface area contributed by atoms with Gasteiger partial charge in [-0.25, -0.2) is 0 Å². The van der Waals surface area contributed by atoms with Crippen LogP contribution in [-0.4, -0.2) is 28.6 Å². The summed E-state index contributed by atoms with van der Waals surface area (Å²) in [6, 6.07) is 1.67. The van der Waals surface area contributed by atoms with Gasteiger partial charge in [0.2, 0.25) is 0 Å². The molecule has 1 rings (SSSR count). The average molecular weight is 257 g/mol. The first kappa shape index (κ1) is 13.9. The highest BCUT2D eigenvalue weighted by Crippen LogP contribution is 2.15. The van der Waals surface area contributed by atoms with Crippen LogP contribution >= 0.6 is 11.6 Å². The topological polar surface area (TPSA) is 62.2 Å². The molecule has 0 aromatic carbocycles. The number of nitrogens with one attached hydrogen (secondary N) is 1. The van der Waals surface area contributed by atoms with E-state index in [2.05, 4.69) is 10.3 Å². The van der Waals surface area contributed by atoms with E-state index in [-0.39, 0.29) is 18.6 Å². The third-order valence-corrected chi connectivity index (χ3v) is 2.72. The Kier molecular flexibility index (Phi) is 5.38. The summed E-state index contributed by atoms with van der Waals surface area (Å²) in [5.41, 5.74) is 1.16. The quantitative estimate of drug-likeness (QED) is 0.846.